The van der Waals surface area contributed by atoms with E-state index in [0.29, 0.717) is 28.4 Å². The van der Waals surface area contributed by atoms with E-state index in [-0.39, 0.29) is 23.3 Å². The molecule has 4 N–H and O–H groups in total. The van der Waals surface area contributed by atoms with E-state index in [0.717, 1.165) is 52.8 Å². The van der Waals surface area contributed by atoms with Gasteiger partial charge in [-0.25, -0.2) is 0 Å². The number of rotatable bonds is 7. The number of anilines is 1. The number of aromatic nitrogens is 2. The molecule has 2 amide bonds. The average molecular weight is 501 g/mol. The molecule has 36 heavy (non-hydrogen) atoms. The molecule has 0 unspecified atom stereocenters. The molecular weight excluding hydrogens is 472 g/mol. The Balaban J connectivity index is 1.33. The van der Waals surface area contributed by atoms with Gasteiger partial charge in [0.1, 0.15) is 16.4 Å². The summed E-state index contributed by atoms with van der Waals surface area (Å²) < 4.78 is 0. The van der Waals surface area contributed by atoms with Gasteiger partial charge in [-0.05, 0) is 80.0 Å². The molecule has 7 nitrogen and oxygen atoms in total. The topological polar surface area (TPSA) is 107 Å². The van der Waals surface area contributed by atoms with E-state index < -0.39 is 0 Å². The second kappa shape index (κ2) is 9.99. The van der Waals surface area contributed by atoms with Crippen LogP contribution in [0, 0.1) is 13.8 Å². The first-order chi connectivity index (χ1) is 17.4. The first kappa shape index (κ1) is 23.8. The first-order valence-electron chi connectivity index (χ1n) is 12.0. The van der Waals surface area contributed by atoms with Gasteiger partial charge in [-0.2, -0.15) is 5.10 Å². The molecule has 0 fully saturated rings. The van der Waals surface area contributed by atoms with E-state index in [1.165, 1.54) is 11.3 Å². The van der Waals surface area contributed by atoms with Crippen LogP contribution in [0.25, 0.3) is 11.3 Å². The monoisotopic (exact) mass is 500 g/mol. The zero-order chi connectivity index (χ0) is 25.2. The van der Waals surface area contributed by atoms with Gasteiger partial charge < -0.3 is 15.7 Å². The summed E-state index contributed by atoms with van der Waals surface area (Å²) in [5.41, 5.74) is 6.06. The Morgan fingerprint density at radius 3 is 2.64 bits per heavy atom. The van der Waals surface area contributed by atoms with E-state index in [9.17, 15) is 14.7 Å². The van der Waals surface area contributed by atoms with Gasteiger partial charge in [0.05, 0.1) is 11.3 Å². The van der Waals surface area contributed by atoms with Crippen LogP contribution in [0.2, 0.25) is 0 Å². The quantitative estimate of drug-likeness (QED) is 0.281. The molecule has 0 saturated heterocycles. The highest BCUT2D eigenvalue weighted by atomic mass is 32.1. The summed E-state index contributed by atoms with van der Waals surface area (Å²) >= 11 is 1.47. The maximum atomic E-state index is 13.2. The molecule has 0 saturated carbocycles. The molecule has 5 rings (SSSR count). The van der Waals surface area contributed by atoms with Gasteiger partial charge in [-0.3, -0.25) is 14.7 Å². The van der Waals surface area contributed by atoms with Crippen LogP contribution in [0.1, 0.15) is 54.4 Å². The van der Waals surface area contributed by atoms with Gasteiger partial charge in [0.25, 0.3) is 11.8 Å². The molecule has 1 aliphatic rings. The highest BCUT2D eigenvalue weighted by Crippen LogP contribution is 2.39. The lowest BCUT2D eigenvalue weighted by atomic mass is 10.0. The Bertz CT molecular complexity index is 1440. The standard InChI is InChI=1S/C28H28N4O3S/c1-16-13-20(23(33)14-17(16)2)21-15-22(32-31-21)26(34)30-28-25(19-9-6-10-24(19)36-28)27(35)29-12-11-18-7-4-3-5-8-18/h3-5,7-8,13-15,33H,6,9-12H2,1-2H3,(H,29,35)(H,30,34)(H,31,32). The summed E-state index contributed by atoms with van der Waals surface area (Å²) in [5, 5.41) is 23.9. The number of H-pyrrole nitrogens is 1. The maximum Gasteiger partial charge on any atom is 0.274 e. The fraction of sp³-hybridized carbons (Fsp3) is 0.250. The molecule has 0 bridgehead atoms. The van der Waals surface area contributed by atoms with Crippen LogP contribution >= 0.6 is 11.3 Å². The van der Waals surface area contributed by atoms with Gasteiger partial charge in [0.2, 0.25) is 0 Å². The van der Waals surface area contributed by atoms with Crippen LogP contribution in [0.4, 0.5) is 5.00 Å². The largest absolute Gasteiger partial charge is 0.507 e. The number of amides is 2. The summed E-state index contributed by atoms with van der Waals surface area (Å²) in [6, 6.07) is 15.2. The number of carbonyl (C=O) groups excluding carboxylic acids is 2. The molecule has 4 aromatic rings. The number of phenolic OH excluding ortho intramolecular Hbond substituents is 1. The van der Waals surface area contributed by atoms with Crippen molar-refractivity contribution in [3.63, 3.8) is 0 Å². The number of phenols is 1. The number of thiophene rings is 1. The molecule has 0 atom stereocenters. The summed E-state index contributed by atoms with van der Waals surface area (Å²) in [7, 11) is 0. The van der Waals surface area contributed by atoms with E-state index in [1.807, 2.05) is 50.2 Å². The number of benzene rings is 2. The van der Waals surface area contributed by atoms with E-state index >= 15 is 0 Å². The predicted molar refractivity (Wildman–Crippen MR) is 142 cm³/mol. The van der Waals surface area contributed by atoms with Crippen LogP contribution in [0.15, 0.2) is 48.5 Å². The van der Waals surface area contributed by atoms with Crippen molar-refractivity contribution in [2.24, 2.45) is 0 Å². The molecule has 1 aliphatic carbocycles. The molecular formula is C28H28N4O3S. The van der Waals surface area contributed by atoms with E-state index in [1.54, 1.807) is 12.1 Å². The minimum absolute atomic E-state index is 0.112. The van der Waals surface area contributed by atoms with E-state index in [4.69, 9.17) is 0 Å². The molecule has 0 spiro atoms. The number of hydrogen-bond donors (Lipinski definition) is 4. The molecule has 0 radical (unpaired) electrons. The number of fused-ring (bicyclic) bond motifs is 1. The lowest BCUT2D eigenvalue weighted by Crippen LogP contribution is -2.27. The number of carbonyl (C=O) groups is 2. The lowest BCUT2D eigenvalue weighted by Gasteiger charge is -2.09. The van der Waals surface area contributed by atoms with Gasteiger partial charge in [-0.15, -0.1) is 11.3 Å². The smallest absolute Gasteiger partial charge is 0.274 e. The normalized spacial score (nSPS) is 12.4. The van der Waals surface area contributed by atoms with Crippen LogP contribution < -0.4 is 10.6 Å². The van der Waals surface area contributed by atoms with Gasteiger partial charge in [0, 0.05) is 17.0 Å². The fourth-order valence-electron chi connectivity index (χ4n) is 4.54. The second-order valence-corrected chi connectivity index (χ2v) is 10.2. The molecule has 0 aliphatic heterocycles. The fourth-order valence-corrected chi connectivity index (χ4v) is 5.82. The molecule has 2 aromatic carbocycles. The van der Waals surface area contributed by atoms with Gasteiger partial charge in [-0.1, -0.05) is 30.3 Å². The zero-order valence-corrected chi connectivity index (χ0v) is 21.1. The molecule has 8 heteroatoms. The van der Waals surface area contributed by atoms with Crippen LogP contribution in [0.3, 0.4) is 0 Å². The maximum absolute atomic E-state index is 13.2. The number of hydrogen-bond acceptors (Lipinski definition) is 5. The Hall–Kier alpha value is -3.91. The second-order valence-electron chi connectivity index (χ2n) is 9.13. The molecule has 2 heterocycles. The number of aromatic amines is 1. The van der Waals surface area contributed by atoms with Crippen LogP contribution in [-0.2, 0) is 19.3 Å². The summed E-state index contributed by atoms with van der Waals surface area (Å²) in [6.45, 7) is 4.40. The average Bonchev–Trinajstić information content (AvgIpc) is 3.58. The number of nitrogens with one attached hydrogen (secondary N) is 3. The van der Waals surface area contributed by atoms with Crippen molar-refractivity contribution in [3.8, 4) is 17.0 Å². The lowest BCUT2D eigenvalue weighted by molar-refractivity contribution is 0.0954. The highest BCUT2D eigenvalue weighted by Gasteiger charge is 2.28. The Kier molecular flexibility index (Phi) is 6.61. The Morgan fingerprint density at radius 1 is 1.06 bits per heavy atom. The van der Waals surface area contributed by atoms with Crippen LogP contribution in [0.5, 0.6) is 5.75 Å². The number of aryl methyl sites for hydroxylation is 3. The summed E-state index contributed by atoms with van der Waals surface area (Å²) in [5.74, 6) is -0.429. The van der Waals surface area contributed by atoms with Gasteiger partial charge >= 0.3 is 0 Å². The minimum Gasteiger partial charge on any atom is -0.507 e. The van der Waals surface area contributed by atoms with Crippen molar-refractivity contribution >= 4 is 28.2 Å². The van der Waals surface area contributed by atoms with Crippen LogP contribution in [-0.4, -0.2) is 33.7 Å². The summed E-state index contributed by atoms with van der Waals surface area (Å²) in [6.07, 6.45) is 3.51. The van der Waals surface area contributed by atoms with Crippen molar-refractivity contribution in [2.45, 2.75) is 39.5 Å². The van der Waals surface area contributed by atoms with Crippen molar-refractivity contribution in [3.05, 3.63) is 86.9 Å². The van der Waals surface area contributed by atoms with Crippen molar-refractivity contribution in [1.82, 2.24) is 15.5 Å². The number of aromatic hydroxyl groups is 1. The summed E-state index contributed by atoms with van der Waals surface area (Å²) in [4.78, 5) is 27.4. The van der Waals surface area contributed by atoms with Crippen molar-refractivity contribution < 1.29 is 14.7 Å². The molecule has 2 aromatic heterocycles. The highest BCUT2D eigenvalue weighted by molar-refractivity contribution is 7.17. The van der Waals surface area contributed by atoms with Crippen molar-refractivity contribution in [2.75, 3.05) is 11.9 Å². The number of nitrogens with zero attached hydrogens (tertiary/aromatic N) is 1. The van der Waals surface area contributed by atoms with E-state index in [2.05, 4.69) is 20.8 Å². The third-order valence-corrected chi connectivity index (χ3v) is 7.84. The zero-order valence-electron chi connectivity index (χ0n) is 20.3. The Morgan fingerprint density at radius 2 is 1.83 bits per heavy atom. The SMILES string of the molecule is Cc1cc(O)c(-c2cc(C(=O)Nc3sc4c(c3C(=O)NCCc3ccccc3)CCC4)[nH]n2)cc1C. The predicted octanol–water partition coefficient (Wildman–Crippen LogP) is 5.17. The van der Waals surface area contributed by atoms with Gasteiger partial charge in [0.15, 0.2) is 0 Å². The van der Waals surface area contributed by atoms with Crippen molar-refractivity contribution in [1.29, 1.82) is 0 Å². The third-order valence-electron chi connectivity index (χ3n) is 6.63. The first-order valence-corrected chi connectivity index (χ1v) is 12.9. The molecule has 184 valence electrons. The third kappa shape index (κ3) is 4.77. The Labute approximate surface area is 213 Å². The minimum atomic E-state index is -0.379.